The Labute approximate surface area is 107 Å². The predicted molar refractivity (Wildman–Crippen MR) is 73.4 cm³/mol. The number of nitrogens with zero attached hydrogens (tertiary/aromatic N) is 1. The van der Waals surface area contributed by atoms with Crippen LogP contribution in [0.25, 0.3) is 0 Å². The Balaban J connectivity index is 2.63. The van der Waals surface area contributed by atoms with Gasteiger partial charge in [-0.3, -0.25) is 4.90 Å². The van der Waals surface area contributed by atoms with E-state index in [1.54, 1.807) is 7.11 Å². The maximum absolute atomic E-state index is 5.24. The summed E-state index contributed by atoms with van der Waals surface area (Å²) in [5.41, 5.74) is 0.294. The molecule has 3 nitrogen and oxygen atoms in total. The van der Waals surface area contributed by atoms with Crippen LogP contribution in [0.5, 0.6) is 0 Å². The van der Waals surface area contributed by atoms with Crippen LogP contribution < -0.4 is 5.32 Å². The van der Waals surface area contributed by atoms with Crippen molar-refractivity contribution in [3.05, 3.63) is 0 Å². The van der Waals surface area contributed by atoms with Crippen molar-refractivity contribution in [1.82, 2.24) is 10.2 Å². The average Bonchev–Trinajstić information content (AvgIpc) is 2.36. The molecule has 1 fully saturated rings. The van der Waals surface area contributed by atoms with E-state index in [1.165, 1.54) is 12.8 Å². The van der Waals surface area contributed by atoms with Crippen molar-refractivity contribution in [2.75, 3.05) is 33.4 Å². The van der Waals surface area contributed by atoms with Crippen LogP contribution in [0.1, 0.15) is 40.5 Å². The summed E-state index contributed by atoms with van der Waals surface area (Å²) in [6.45, 7) is 13.4. The smallest absolute Gasteiger partial charge is 0.0589 e. The van der Waals surface area contributed by atoms with Gasteiger partial charge in [-0.2, -0.15) is 0 Å². The standard InChI is InChI=1S/C14H30N2O/c1-6-12(3)13-10-16(8-9-17-5)14(4,7-2)11-15-13/h12-13,15H,6-11H2,1-5H3. The van der Waals surface area contributed by atoms with E-state index in [0.29, 0.717) is 11.6 Å². The van der Waals surface area contributed by atoms with Crippen LogP contribution in [0, 0.1) is 5.92 Å². The number of hydrogen-bond donors (Lipinski definition) is 1. The van der Waals surface area contributed by atoms with Crippen LogP contribution in [0.15, 0.2) is 0 Å². The quantitative estimate of drug-likeness (QED) is 0.772. The second-order valence-corrected chi connectivity index (χ2v) is 5.66. The fourth-order valence-electron chi connectivity index (χ4n) is 2.56. The molecule has 3 atom stereocenters. The van der Waals surface area contributed by atoms with E-state index in [0.717, 1.165) is 32.2 Å². The normalized spacial score (nSPS) is 32.6. The summed E-state index contributed by atoms with van der Waals surface area (Å²) in [5, 5.41) is 3.74. The van der Waals surface area contributed by atoms with Crippen molar-refractivity contribution >= 4 is 0 Å². The zero-order chi connectivity index (χ0) is 12.9. The van der Waals surface area contributed by atoms with Crippen LogP contribution in [-0.4, -0.2) is 49.8 Å². The Morgan fingerprint density at radius 2 is 2.18 bits per heavy atom. The molecule has 3 heteroatoms. The van der Waals surface area contributed by atoms with Gasteiger partial charge in [0.1, 0.15) is 0 Å². The molecule has 102 valence electrons. The van der Waals surface area contributed by atoms with Crippen LogP contribution in [-0.2, 0) is 4.74 Å². The minimum absolute atomic E-state index is 0.294. The van der Waals surface area contributed by atoms with Crippen molar-refractivity contribution < 1.29 is 4.74 Å². The highest BCUT2D eigenvalue weighted by molar-refractivity contribution is 4.96. The first kappa shape index (κ1) is 14.9. The summed E-state index contributed by atoms with van der Waals surface area (Å²) in [7, 11) is 1.79. The molecule has 17 heavy (non-hydrogen) atoms. The molecule has 0 aromatic heterocycles. The second-order valence-electron chi connectivity index (χ2n) is 5.66. The largest absolute Gasteiger partial charge is 0.383 e. The molecular weight excluding hydrogens is 212 g/mol. The number of methoxy groups -OCH3 is 1. The zero-order valence-corrected chi connectivity index (χ0v) is 12.3. The van der Waals surface area contributed by atoms with E-state index >= 15 is 0 Å². The lowest BCUT2D eigenvalue weighted by atomic mass is 9.88. The van der Waals surface area contributed by atoms with Gasteiger partial charge < -0.3 is 10.1 Å². The molecule has 0 aromatic carbocycles. The fraction of sp³-hybridized carbons (Fsp3) is 1.00. The molecule has 1 rings (SSSR count). The summed E-state index contributed by atoms with van der Waals surface area (Å²) in [6.07, 6.45) is 2.44. The summed E-state index contributed by atoms with van der Waals surface area (Å²) < 4.78 is 5.24. The Bertz CT molecular complexity index is 222. The summed E-state index contributed by atoms with van der Waals surface area (Å²) in [5.74, 6) is 0.751. The highest BCUT2D eigenvalue weighted by atomic mass is 16.5. The molecule has 1 saturated heterocycles. The number of piperazine rings is 1. The number of rotatable bonds is 6. The molecule has 1 aliphatic heterocycles. The van der Waals surface area contributed by atoms with Gasteiger partial charge in [-0.15, -0.1) is 0 Å². The first-order valence-corrected chi connectivity index (χ1v) is 7.04. The molecule has 0 radical (unpaired) electrons. The van der Waals surface area contributed by atoms with Crippen molar-refractivity contribution in [3.8, 4) is 0 Å². The summed E-state index contributed by atoms with van der Waals surface area (Å²) in [6, 6.07) is 0.636. The van der Waals surface area contributed by atoms with Crippen molar-refractivity contribution in [2.24, 2.45) is 5.92 Å². The van der Waals surface area contributed by atoms with Gasteiger partial charge in [0.15, 0.2) is 0 Å². The van der Waals surface area contributed by atoms with Crippen molar-refractivity contribution in [2.45, 2.75) is 52.1 Å². The molecule has 0 bridgehead atoms. The SMILES string of the molecule is CCC(C)C1CN(CCOC)C(C)(CC)CN1. The molecule has 1 N–H and O–H groups in total. The van der Waals surface area contributed by atoms with E-state index in [-0.39, 0.29) is 0 Å². The van der Waals surface area contributed by atoms with Gasteiger partial charge in [0, 0.05) is 38.3 Å². The van der Waals surface area contributed by atoms with Crippen LogP contribution in [0.2, 0.25) is 0 Å². The van der Waals surface area contributed by atoms with E-state index in [9.17, 15) is 0 Å². The predicted octanol–water partition coefficient (Wildman–Crippen LogP) is 2.12. The number of nitrogens with one attached hydrogen (secondary N) is 1. The number of hydrogen-bond acceptors (Lipinski definition) is 3. The van der Waals surface area contributed by atoms with Gasteiger partial charge in [-0.1, -0.05) is 27.2 Å². The molecular formula is C14H30N2O. The Hall–Kier alpha value is -0.120. The van der Waals surface area contributed by atoms with Crippen molar-refractivity contribution in [1.29, 1.82) is 0 Å². The molecule has 0 amide bonds. The fourth-order valence-corrected chi connectivity index (χ4v) is 2.56. The van der Waals surface area contributed by atoms with Gasteiger partial charge in [0.2, 0.25) is 0 Å². The third kappa shape index (κ3) is 3.67. The molecule has 0 aromatic rings. The van der Waals surface area contributed by atoms with Crippen LogP contribution in [0.3, 0.4) is 0 Å². The lowest BCUT2D eigenvalue weighted by Crippen LogP contribution is -2.64. The highest BCUT2D eigenvalue weighted by Gasteiger charge is 2.37. The highest BCUT2D eigenvalue weighted by Crippen LogP contribution is 2.25. The van der Waals surface area contributed by atoms with Gasteiger partial charge in [0.25, 0.3) is 0 Å². The molecule has 3 unspecified atom stereocenters. The van der Waals surface area contributed by atoms with Crippen molar-refractivity contribution in [3.63, 3.8) is 0 Å². The van der Waals surface area contributed by atoms with Gasteiger partial charge in [-0.05, 0) is 19.3 Å². The second kappa shape index (κ2) is 6.72. The maximum atomic E-state index is 5.24. The lowest BCUT2D eigenvalue weighted by molar-refractivity contribution is 0.0168. The van der Waals surface area contributed by atoms with E-state index in [2.05, 4.69) is 37.9 Å². The van der Waals surface area contributed by atoms with Gasteiger partial charge in [-0.25, -0.2) is 0 Å². The molecule has 0 spiro atoms. The third-order valence-corrected chi connectivity index (χ3v) is 4.58. The van der Waals surface area contributed by atoms with E-state index in [1.807, 2.05) is 0 Å². The first-order valence-electron chi connectivity index (χ1n) is 7.04. The van der Waals surface area contributed by atoms with Gasteiger partial charge >= 0.3 is 0 Å². The molecule has 1 aliphatic rings. The first-order chi connectivity index (χ1) is 8.07. The third-order valence-electron chi connectivity index (χ3n) is 4.58. The zero-order valence-electron chi connectivity index (χ0n) is 12.3. The number of ether oxygens (including phenoxy) is 1. The summed E-state index contributed by atoms with van der Waals surface area (Å²) in [4.78, 5) is 2.61. The Kier molecular flexibility index (Phi) is 5.90. The van der Waals surface area contributed by atoms with E-state index in [4.69, 9.17) is 4.74 Å². The Morgan fingerprint density at radius 3 is 2.71 bits per heavy atom. The molecule has 0 aliphatic carbocycles. The monoisotopic (exact) mass is 242 g/mol. The molecule has 0 saturated carbocycles. The lowest BCUT2D eigenvalue weighted by Gasteiger charge is -2.49. The average molecular weight is 242 g/mol. The van der Waals surface area contributed by atoms with E-state index < -0.39 is 0 Å². The Morgan fingerprint density at radius 1 is 1.47 bits per heavy atom. The topological polar surface area (TPSA) is 24.5 Å². The minimum Gasteiger partial charge on any atom is -0.383 e. The van der Waals surface area contributed by atoms with Crippen LogP contribution >= 0.6 is 0 Å². The minimum atomic E-state index is 0.294. The summed E-state index contributed by atoms with van der Waals surface area (Å²) >= 11 is 0. The molecule has 1 heterocycles. The van der Waals surface area contributed by atoms with Gasteiger partial charge in [0.05, 0.1) is 6.61 Å². The maximum Gasteiger partial charge on any atom is 0.0589 e. The van der Waals surface area contributed by atoms with Crippen LogP contribution in [0.4, 0.5) is 0 Å².